The maximum Gasteiger partial charge on any atom is 0.193 e. The summed E-state index contributed by atoms with van der Waals surface area (Å²) >= 11 is 0. The minimum atomic E-state index is -1.77. The molecule has 2 nitrogen and oxygen atoms in total. The number of benzene rings is 2. The zero-order chi connectivity index (χ0) is 18.3. The van der Waals surface area contributed by atoms with E-state index in [4.69, 9.17) is 9.16 Å². The van der Waals surface area contributed by atoms with Gasteiger partial charge in [-0.05, 0) is 47.0 Å². The van der Waals surface area contributed by atoms with E-state index in [-0.39, 0.29) is 6.10 Å². The lowest BCUT2D eigenvalue weighted by molar-refractivity contribution is 0.247. The van der Waals surface area contributed by atoms with E-state index in [1.807, 2.05) is 18.2 Å². The summed E-state index contributed by atoms with van der Waals surface area (Å²) in [6.45, 7) is 11.2. The van der Waals surface area contributed by atoms with Crippen LogP contribution in [0.3, 0.4) is 0 Å². The molecule has 1 unspecified atom stereocenters. The van der Waals surface area contributed by atoms with Gasteiger partial charge < -0.3 is 9.16 Å². The fourth-order valence-electron chi connectivity index (χ4n) is 3.17. The van der Waals surface area contributed by atoms with Crippen molar-refractivity contribution >= 4 is 13.9 Å². The Hall–Kier alpha value is -1.84. The average Bonchev–Trinajstić information content (AvgIpc) is 2.70. The number of hydrogen-bond donors (Lipinski definition) is 0. The van der Waals surface area contributed by atoms with Crippen molar-refractivity contribution in [2.45, 2.75) is 45.0 Å². The Kier molecular flexibility index (Phi) is 7.03. The monoisotopic (exact) mass is 354 g/mol. The molecule has 0 aliphatic carbocycles. The largest absolute Gasteiger partial charge is 0.497 e. The predicted molar refractivity (Wildman–Crippen MR) is 109 cm³/mol. The molecule has 0 saturated heterocycles. The first-order valence-electron chi connectivity index (χ1n) is 9.15. The van der Waals surface area contributed by atoms with Gasteiger partial charge in [-0.15, -0.1) is 0 Å². The van der Waals surface area contributed by atoms with Crippen LogP contribution in [0.1, 0.15) is 38.0 Å². The number of methoxy groups -OCH3 is 1. The van der Waals surface area contributed by atoms with Gasteiger partial charge in [0.15, 0.2) is 8.32 Å². The Balaban J connectivity index is 2.41. The van der Waals surface area contributed by atoms with Crippen molar-refractivity contribution in [3.05, 3.63) is 72.3 Å². The minimum Gasteiger partial charge on any atom is -0.497 e. The lowest BCUT2D eigenvalue weighted by Gasteiger charge is -2.34. The number of ether oxygens (including phenoxy) is 1. The SMILES string of the molecule is C=C(c1ccccc1)C(O[Si](CC)(CC)CC)c1ccc(OC)cc1. The van der Waals surface area contributed by atoms with Crippen LogP contribution in [0.15, 0.2) is 61.2 Å². The summed E-state index contributed by atoms with van der Waals surface area (Å²) in [5.74, 6) is 0.859. The lowest BCUT2D eigenvalue weighted by atomic mass is 9.97. The van der Waals surface area contributed by atoms with Crippen molar-refractivity contribution in [3.8, 4) is 5.75 Å². The highest BCUT2D eigenvalue weighted by Gasteiger charge is 2.33. The van der Waals surface area contributed by atoms with Crippen molar-refractivity contribution in [2.75, 3.05) is 7.11 Å². The molecule has 25 heavy (non-hydrogen) atoms. The van der Waals surface area contributed by atoms with Crippen molar-refractivity contribution in [2.24, 2.45) is 0 Å². The van der Waals surface area contributed by atoms with Gasteiger partial charge in [-0.3, -0.25) is 0 Å². The Labute approximate surface area is 153 Å². The highest BCUT2D eigenvalue weighted by Crippen LogP contribution is 2.38. The van der Waals surface area contributed by atoms with E-state index in [9.17, 15) is 0 Å². The van der Waals surface area contributed by atoms with Crippen molar-refractivity contribution in [1.29, 1.82) is 0 Å². The first-order chi connectivity index (χ1) is 12.1. The van der Waals surface area contributed by atoms with Crippen LogP contribution >= 0.6 is 0 Å². The van der Waals surface area contributed by atoms with Gasteiger partial charge in [-0.2, -0.15) is 0 Å². The molecule has 0 aliphatic rings. The summed E-state index contributed by atoms with van der Waals surface area (Å²) in [6.07, 6.45) is -0.111. The molecular formula is C22H30O2Si. The fraction of sp³-hybridized carbons (Fsp3) is 0.364. The van der Waals surface area contributed by atoms with Crippen LogP contribution in [0.5, 0.6) is 5.75 Å². The molecule has 0 fully saturated rings. The van der Waals surface area contributed by atoms with E-state index in [0.717, 1.165) is 40.6 Å². The second-order valence-electron chi connectivity index (χ2n) is 6.41. The molecule has 0 amide bonds. The average molecular weight is 355 g/mol. The third-order valence-electron chi connectivity index (χ3n) is 5.18. The highest BCUT2D eigenvalue weighted by molar-refractivity contribution is 6.73. The summed E-state index contributed by atoms with van der Waals surface area (Å²) in [7, 11) is -0.0834. The summed E-state index contributed by atoms with van der Waals surface area (Å²) in [6, 6.07) is 21.9. The molecule has 0 aliphatic heterocycles. The molecule has 2 aromatic rings. The summed E-state index contributed by atoms with van der Waals surface area (Å²) in [5, 5.41) is 0. The second kappa shape index (κ2) is 9.02. The van der Waals surface area contributed by atoms with E-state index in [0.29, 0.717) is 0 Å². The van der Waals surface area contributed by atoms with Gasteiger partial charge in [0, 0.05) is 0 Å². The molecule has 0 heterocycles. The van der Waals surface area contributed by atoms with E-state index in [1.165, 1.54) is 0 Å². The van der Waals surface area contributed by atoms with Gasteiger partial charge in [-0.25, -0.2) is 0 Å². The molecule has 2 rings (SSSR count). The van der Waals surface area contributed by atoms with Gasteiger partial charge in [-0.1, -0.05) is 69.8 Å². The van der Waals surface area contributed by atoms with Crippen molar-refractivity contribution < 1.29 is 9.16 Å². The normalized spacial score (nSPS) is 12.6. The molecule has 0 radical (unpaired) electrons. The molecule has 0 N–H and O–H groups in total. The zero-order valence-corrected chi connectivity index (χ0v) is 16.9. The molecule has 3 heteroatoms. The van der Waals surface area contributed by atoms with E-state index >= 15 is 0 Å². The van der Waals surface area contributed by atoms with E-state index in [1.54, 1.807) is 7.11 Å². The molecule has 0 bridgehead atoms. The van der Waals surface area contributed by atoms with E-state index in [2.05, 4.69) is 63.7 Å². The van der Waals surface area contributed by atoms with E-state index < -0.39 is 8.32 Å². The Morgan fingerprint density at radius 1 is 0.920 bits per heavy atom. The van der Waals surface area contributed by atoms with Crippen molar-refractivity contribution in [1.82, 2.24) is 0 Å². The smallest absolute Gasteiger partial charge is 0.193 e. The lowest BCUT2D eigenvalue weighted by Crippen LogP contribution is -2.37. The van der Waals surface area contributed by atoms with Gasteiger partial charge in [0.2, 0.25) is 0 Å². The molecule has 0 aromatic heterocycles. The van der Waals surface area contributed by atoms with Crippen molar-refractivity contribution in [3.63, 3.8) is 0 Å². The van der Waals surface area contributed by atoms with Crippen LogP contribution in [-0.2, 0) is 4.43 Å². The summed E-state index contributed by atoms with van der Waals surface area (Å²) in [5.41, 5.74) is 3.30. The van der Waals surface area contributed by atoms with Crippen LogP contribution in [-0.4, -0.2) is 15.4 Å². The standard InChI is InChI=1S/C22H30O2Si/c1-6-25(7-2,8-3)24-22(18(4)19-12-10-9-11-13-19)20-14-16-21(23-5)17-15-20/h9-17,22H,4,6-8H2,1-3,5H3. The molecule has 0 saturated carbocycles. The Bertz CT molecular complexity index is 652. The van der Waals surface area contributed by atoms with Gasteiger partial charge in [0.1, 0.15) is 5.75 Å². The number of hydrogen-bond acceptors (Lipinski definition) is 2. The van der Waals surface area contributed by atoms with Gasteiger partial charge >= 0.3 is 0 Å². The second-order valence-corrected chi connectivity index (χ2v) is 11.1. The quantitative estimate of drug-likeness (QED) is 0.480. The molecule has 134 valence electrons. The van der Waals surface area contributed by atoms with Gasteiger partial charge in [0.25, 0.3) is 0 Å². The molecular weight excluding hydrogens is 324 g/mol. The summed E-state index contributed by atoms with van der Waals surface area (Å²) < 4.78 is 12.2. The predicted octanol–water partition coefficient (Wildman–Crippen LogP) is 6.47. The third-order valence-corrected chi connectivity index (χ3v) is 9.78. The Morgan fingerprint density at radius 2 is 1.48 bits per heavy atom. The van der Waals surface area contributed by atoms with Crippen LogP contribution in [0.2, 0.25) is 18.1 Å². The highest BCUT2D eigenvalue weighted by atomic mass is 28.4. The topological polar surface area (TPSA) is 18.5 Å². The van der Waals surface area contributed by atoms with Gasteiger partial charge in [0.05, 0.1) is 13.2 Å². The third kappa shape index (κ3) is 4.62. The molecule has 1 atom stereocenters. The maximum absolute atomic E-state index is 6.86. The van der Waals surface area contributed by atoms with Crippen LogP contribution in [0.4, 0.5) is 0 Å². The first-order valence-corrected chi connectivity index (χ1v) is 11.7. The Morgan fingerprint density at radius 3 is 1.96 bits per heavy atom. The maximum atomic E-state index is 6.86. The van der Waals surface area contributed by atoms with Crippen LogP contribution in [0, 0.1) is 0 Å². The van der Waals surface area contributed by atoms with Crippen LogP contribution < -0.4 is 4.74 Å². The zero-order valence-electron chi connectivity index (χ0n) is 15.9. The minimum absolute atomic E-state index is 0.111. The first kappa shape index (κ1) is 19.5. The molecule has 2 aromatic carbocycles. The number of rotatable bonds is 9. The summed E-state index contributed by atoms with van der Waals surface area (Å²) in [4.78, 5) is 0. The fourth-order valence-corrected chi connectivity index (χ4v) is 5.95. The molecule has 0 spiro atoms. The van der Waals surface area contributed by atoms with Crippen LogP contribution in [0.25, 0.3) is 5.57 Å².